The average Bonchev–Trinajstić information content (AvgIpc) is 2.80. The van der Waals surface area contributed by atoms with Crippen LogP contribution < -0.4 is 0 Å². The standard InChI is InChI=1S/C13H7Cl2N3O2/c14-8-2-3-9(10(15)5-8)12-16-11-4-1-7(13(19)20)6-18(11)17-12/h1-6H,(H,19,20). The molecular weight excluding hydrogens is 301 g/mol. The molecule has 1 aromatic carbocycles. The van der Waals surface area contributed by atoms with Crippen LogP contribution in [-0.2, 0) is 0 Å². The maximum absolute atomic E-state index is 10.9. The molecule has 7 heteroatoms. The second-order valence-electron chi connectivity index (χ2n) is 4.09. The zero-order chi connectivity index (χ0) is 14.3. The Morgan fingerprint density at radius 3 is 2.70 bits per heavy atom. The van der Waals surface area contributed by atoms with Crippen molar-refractivity contribution in [3.8, 4) is 11.4 Å². The Labute approximate surface area is 123 Å². The maximum Gasteiger partial charge on any atom is 0.337 e. The van der Waals surface area contributed by atoms with Crippen LogP contribution in [0.4, 0.5) is 0 Å². The molecule has 3 aromatic rings. The van der Waals surface area contributed by atoms with Crippen LogP contribution in [0.2, 0.25) is 10.0 Å². The lowest BCUT2D eigenvalue weighted by atomic mass is 10.2. The highest BCUT2D eigenvalue weighted by molar-refractivity contribution is 6.36. The number of carbonyl (C=O) groups is 1. The first-order valence-electron chi connectivity index (χ1n) is 5.60. The molecule has 5 nitrogen and oxygen atoms in total. The number of benzene rings is 1. The van der Waals surface area contributed by atoms with Crippen LogP contribution in [0.1, 0.15) is 10.4 Å². The third-order valence-electron chi connectivity index (χ3n) is 2.75. The van der Waals surface area contributed by atoms with Crippen molar-refractivity contribution in [1.82, 2.24) is 14.6 Å². The number of rotatable bonds is 2. The number of aromatic carboxylic acids is 1. The molecule has 0 atom stereocenters. The van der Waals surface area contributed by atoms with E-state index in [-0.39, 0.29) is 5.56 Å². The van der Waals surface area contributed by atoms with Gasteiger partial charge < -0.3 is 5.11 Å². The predicted octanol–water partition coefficient (Wildman–Crippen LogP) is 3.40. The molecule has 0 aliphatic rings. The first-order valence-corrected chi connectivity index (χ1v) is 6.35. The molecule has 0 amide bonds. The smallest absolute Gasteiger partial charge is 0.337 e. The van der Waals surface area contributed by atoms with Gasteiger partial charge in [-0.25, -0.2) is 14.3 Å². The van der Waals surface area contributed by atoms with Gasteiger partial charge in [-0.15, -0.1) is 5.10 Å². The van der Waals surface area contributed by atoms with Gasteiger partial charge >= 0.3 is 5.97 Å². The quantitative estimate of drug-likeness (QED) is 0.788. The van der Waals surface area contributed by atoms with Crippen LogP contribution in [0.3, 0.4) is 0 Å². The lowest BCUT2D eigenvalue weighted by molar-refractivity contribution is 0.0696. The third-order valence-corrected chi connectivity index (χ3v) is 3.30. The molecule has 3 rings (SSSR count). The topological polar surface area (TPSA) is 67.5 Å². The summed E-state index contributed by atoms with van der Waals surface area (Å²) in [5, 5.41) is 14.1. The molecule has 0 radical (unpaired) electrons. The summed E-state index contributed by atoms with van der Waals surface area (Å²) in [6, 6.07) is 8.07. The van der Waals surface area contributed by atoms with E-state index in [1.54, 1.807) is 24.3 Å². The van der Waals surface area contributed by atoms with Crippen LogP contribution in [0.15, 0.2) is 36.5 Å². The molecule has 100 valence electrons. The lowest BCUT2D eigenvalue weighted by Crippen LogP contribution is -1.99. The summed E-state index contributed by atoms with van der Waals surface area (Å²) >= 11 is 11.9. The van der Waals surface area contributed by atoms with E-state index in [2.05, 4.69) is 10.1 Å². The zero-order valence-corrected chi connectivity index (χ0v) is 11.4. The van der Waals surface area contributed by atoms with Crippen LogP contribution in [-0.4, -0.2) is 25.7 Å². The van der Waals surface area contributed by atoms with Gasteiger partial charge in [-0.05, 0) is 30.3 Å². The van der Waals surface area contributed by atoms with Crippen LogP contribution >= 0.6 is 23.2 Å². The second-order valence-corrected chi connectivity index (χ2v) is 4.93. The Balaban J connectivity index is 2.15. The van der Waals surface area contributed by atoms with Crippen molar-refractivity contribution in [2.24, 2.45) is 0 Å². The van der Waals surface area contributed by atoms with Crippen molar-refractivity contribution in [3.05, 3.63) is 52.1 Å². The van der Waals surface area contributed by atoms with Crippen LogP contribution in [0.25, 0.3) is 17.0 Å². The Morgan fingerprint density at radius 1 is 1.20 bits per heavy atom. The van der Waals surface area contributed by atoms with Gasteiger partial charge in [0.15, 0.2) is 11.5 Å². The minimum Gasteiger partial charge on any atom is -0.478 e. The number of fused-ring (bicyclic) bond motifs is 1. The fourth-order valence-electron chi connectivity index (χ4n) is 1.79. The van der Waals surface area contributed by atoms with Gasteiger partial charge in [-0.3, -0.25) is 0 Å². The van der Waals surface area contributed by atoms with Crippen molar-refractivity contribution >= 4 is 34.8 Å². The number of nitrogens with zero attached hydrogens (tertiary/aromatic N) is 3. The number of carboxylic acid groups (broad SMARTS) is 1. The molecule has 20 heavy (non-hydrogen) atoms. The molecule has 2 aromatic heterocycles. The fraction of sp³-hybridized carbons (Fsp3) is 0. The summed E-state index contributed by atoms with van der Waals surface area (Å²) < 4.78 is 1.41. The summed E-state index contributed by atoms with van der Waals surface area (Å²) in [5.74, 6) is -0.609. The third kappa shape index (κ3) is 2.21. The van der Waals surface area contributed by atoms with E-state index >= 15 is 0 Å². The van der Waals surface area contributed by atoms with Gasteiger partial charge in [-0.1, -0.05) is 23.2 Å². The van der Waals surface area contributed by atoms with Gasteiger partial charge in [0.25, 0.3) is 0 Å². The summed E-state index contributed by atoms with van der Waals surface area (Å²) in [5.41, 5.74) is 1.31. The van der Waals surface area contributed by atoms with E-state index in [4.69, 9.17) is 28.3 Å². The molecule has 0 bridgehead atoms. The van der Waals surface area contributed by atoms with Gasteiger partial charge in [-0.2, -0.15) is 0 Å². The Kier molecular flexibility index (Phi) is 3.08. The molecular formula is C13H7Cl2N3O2. The number of hydrogen-bond acceptors (Lipinski definition) is 3. The van der Waals surface area contributed by atoms with Gasteiger partial charge in [0.05, 0.1) is 10.6 Å². The summed E-state index contributed by atoms with van der Waals surface area (Å²) in [7, 11) is 0. The Bertz CT molecular complexity index is 830. The normalized spacial score (nSPS) is 10.9. The molecule has 0 fully saturated rings. The number of halogens is 2. The van der Waals surface area contributed by atoms with Crippen molar-refractivity contribution < 1.29 is 9.90 Å². The van der Waals surface area contributed by atoms with E-state index in [9.17, 15) is 4.79 Å². The summed E-state index contributed by atoms with van der Waals surface area (Å²) in [6.07, 6.45) is 1.40. The molecule has 1 N–H and O–H groups in total. The SMILES string of the molecule is O=C(O)c1ccc2nc(-c3ccc(Cl)cc3Cl)nn2c1. The highest BCUT2D eigenvalue weighted by Crippen LogP contribution is 2.28. The van der Waals surface area contributed by atoms with Gasteiger partial charge in [0.2, 0.25) is 0 Å². The molecule has 0 aliphatic carbocycles. The first-order chi connectivity index (χ1) is 9.54. The van der Waals surface area contributed by atoms with E-state index < -0.39 is 5.97 Å². The molecule has 0 spiro atoms. The number of hydrogen-bond donors (Lipinski definition) is 1. The summed E-state index contributed by atoms with van der Waals surface area (Å²) in [6.45, 7) is 0. The number of carboxylic acids is 1. The zero-order valence-electron chi connectivity index (χ0n) is 9.92. The molecule has 0 unspecified atom stereocenters. The molecule has 0 saturated carbocycles. The van der Waals surface area contributed by atoms with Crippen molar-refractivity contribution in [3.63, 3.8) is 0 Å². The molecule has 2 heterocycles. The predicted molar refractivity (Wildman–Crippen MR) is 75.4 cm³/mol. The van der Waals surface area contributed by atoms with Gasteiger partial charge in [0.1, 0.15) is 0 Å². The largest absolute Gasteiger partial charge is 0.478 e. The van der Waals surface area contributed by atoms with E-state index in [0.29, 0.717) is 27.1 Å². The number of aromatic nitrogens is 3. The Morgan fingerprint density at radius 2 is 2.00 bits per heavy atom. The van der Waals surface area contributed by atoms with Gasteiger partial charge in [0, 0.05) is 16.8 Å². The lowest BCUT2D eigenvalue weighted by Gasteiger charge is -1.98. The van der Waals surface area contributed by atoms with Crippen LogP contribution in [0.5, 0.6) is 0 Å². The fourth-order valence-corrected chi connectivity index (χ4v) is 2.29. The average molecular weight is 308 g/mol. The minimum atomic E-state index is -1.02. The molecule has 0 saturated heterocycles. The van der Waals surface area contributed by atoms with Crippen molar-refractivity contribution in [2.75, 3.05) is 0 Å². The summed E-state index contributed by atoms with van der Waals surface area (Å²) in [4.78, 5) is 15.2. The van der Waals surface area contributed by atoms with E-state index in [1.165, 1.54) is 16.8 Å². The monoisotopic (exact) mass is 307 g/mol. The highest BCUT2D eigenvalue weighted by atomic mass is 35.5. The van der Waals surface area contributed by atoms with E-state index in [1.807, 2.05) is 0 Å². The van der Waals surface area contributed by atoms with Crippen LogP contribution in [0, 0.1) is 0 Å². The minimum absolute atomic E-state index is 0.135. The Hall–Kier alpha value is -2.11. The number of pyridine rings is 1. The first kappa shape index (κ1) is 12.9. The second kappa shape index (κ2) is 4.77. The maximum atomic E-state index is 10.9. The van der Waals surface area contributed by atoms with Crippen molar-refractivity contribution in [2.45, 2.75) is 0 Å². The van der Waals surface area contributed by atoms with E-state index in [0.717, 1.165) is 0 Å². The molecule has 0 aliphatic heterocycles. The van der Waals surface area contributed by atoms with Crippen molar-refractivity contribution in [1.29, 1.82) is 0 Å². The highest BCUT2D eigenvalue weighted by Gasteiger charge is 2.12.